The molecule has 2 heterocycles. The topological polar surface area (TPSA) is 68.3 Å². The first-order chi connectivity index (χ1) is 16.5. The Labute approximate surface area is 199 Å². The molecule has 34 heavy (non-hydrogen) atoms. The van der Waals surface area contributed by atoms with Gasteiger partial charge in [0.05, 0.1) is 0 Å². The maximum Gasteiger partial charge on any atom is 0.267 e. The SMILES string of the molecule is COCC(=O)N(C)[C@H](Cc1ccc(F)cc1)C1CCN(C(=O)[C@H]2COc3ccccc3O2)CC1. The number of fused-ring (bicyclic) bond motifs is 1. The van der Waals surface area contributed by atoms with Crippen LogP contribution in [0.5, 0.6) is 11.5 Å². The predicted octanol–water partition coefficient (Wildman–Crippen LogP) is 2.92. The van der Waals surface area contributed by atoms with Crippen molar-refractivity contribution in [1.82, 2.24) is 9.80 Å². The number of hydrogen-bond donors (Lipinski definition) is 0. The predicted molar refractivity (Wildman–Crippen MR) is 124 cm³/mol. The molecule has 2 aliphatic rings. The monoisotopic (exact) mass is 470 g/mol. The van der Waals surface area contributed by atoms with Gasteiger partial charge in [-0.1, -0.05) is 24.3 Å². The second kappa shape index (κ2) is 10.9. The zero-order chi connectivity index (χ0) is 24.1. The molecule has 2 aromatic rings. The van der Waals surface area contributed by atoms with Crippen molar-refractivity contribution in [3.05, 3.63) is 59.9 Å². The zero-order valence-electron chi connectivity index (χ0n) is 19.6. The lowest BCUT2D eigenvalue weighted by Gasteiger charge is -2.41. The van der Waals surface area contributed by atoms with Crippen molar-refractivity contribution < 1.29 is 28.2 Å². The maximum absolute atomic E-state index is 13.4. The summed E-state index contributed by atoms with van der Waals surface area (Å²) in [7, 11) is 3.29. The number of ether oxygens (including phenoxy) is 3. The highest BCUT2D eigenvalue weighted by atomic mass is 19.1. The number of hydrogen-bond acceptors (Lipinski definition) is 5. The van der Waals surface area contributed by atoms with Crippen molar-refractivity contribution in [3.8, 4) is 11.5 Å². The molecule has 182 valence electrons. The smallest absolute Gasteiger partial charge is 0.267 e. The van der Waals surface area contributed by atoms with Crippen molar-refractivity contribution >= 4 is 11.8 Å². The number of likely N-dealkylation sites (N-methyl/N-ethyl adjacent to an activating group) is 1. The number of rotatable bonds is 7. The average molecular weight is 471 g/mol. The maximum atomic E-state index is 13.4. The van der Waals surface area contributed by atoms with Crippen LogP contribution in [0, 0.1) is 11.7 Å². The molecule has 7 nitrogen and oxygen atoms in total. The number of nitrogens with zero attached hydrogens (tertiary/aromatic N) is 2. The van der Waals surface area contributed by atoms with Gasteiger partial charge in [0, 0.05) is 33.3 Å². The van der Waals surface area contributed by atoms with E-state index in [0.717, 1.165) is 18.4 Å². The van der Waals surface area contributed by atoms with Gasteiger partial charge in [-0.05, 0) is 55.0 Å². The lowest BCUT2D eigenvalue weighted by atomic mass is 9.84. The van der Waals surface area contributed by atoms with E-state index in [-0.39, 0.29) is 42.8 Å². The van der Waals surface area contributed by atoms with Gasteiger partial charge in [0.25, 0.3) is 5.91 Å². The molecule has 8 heteroatoms. The summed E-state index contributed by atoms with van der Waals surface area (Å²) in [6.45, 7) is 1.36. The third kappa shape index (κ3) is 5.50. The second-order valence-electron chi connectivity index (χ2n) is 8.86. The number of halogens is 1. The summed E-state index contributed by atoms with van der Waals surface area (Å²) >= 11 is 0. The molecule has 0 N–H and O–H groups in total. The molecule has 2 amide bonds. The van der Waals surface area contributed by atoms with E-state index in [0.29, 0.717) is 31.0 Å². The Morgan fingerprint density at radius 1 is 1.12 bits per heavy atom. The van der Waals surface area contributed by atoms with E-state index in [1.54, 1.807) is 30.1 Å². The van der Waals surface area contributed by atoms with Crippen LogP contribution in [-0.4, -0.2) is 74.2 Å². The van der Waals surface area contributed by atoms with Crippen molar-refractivity contribution in [3.63, 3.8) is 0 Å². The molecule has 0 radical (unpaired) electrons. The van der Waals surface area contributed by atoms with Gasteiger partial charge in [-0.3, -0.25) is 9.59 Å². The van der Waals surface area contributed by atoms with Crippen LogP contribution in [0.3, 0.4) is 0 Å². The van der Waals surface area contributed by atoms with Crippen molar-refractivity contribution in [2.24, 2.45) is 5.92 Å². The molecule has 1 fully saturated rings. The van der Waals surface area contributed by atoms with E-state index in [1.165, 1.54) is 19.2 Å². The quantitative estimate of drug-likeness (QED) is 0.623. The van der Waals surface area contributed by atoms with Crippen molar-refractivity contribution in [1.29, 1.82) is 0 Å². The van der Waals surface area contributed by atoms with Crippen LogP contribution in [0.15, 0.2) is 48.5 Å². The minimum absolute atomic E-state index is 0.00818. The molecule has 1 saturated heterocycles. The number of carbonyl (C=O) groups excluding carboxylic acids is 2. The highest BCUT2D eigenvalue weighted by molar-refractivity contribution is 5.82. The lowest BCUT2D eigenvalue weighted by molar-refractivity contribution is -0.144. The van der Waals surface area contributed by atoms with Gasteiger partial charge in [-0.2, -0.15) is 0 Å². The summed E-state index contributed by atoms with van der Waals surface area (Å²) in [5, 5.41) is 0. The number of piperidine rings is 1. The van der Waals surface area contributed by atoms with Crippen LogP contribution in [-0.2, 0) is 20.7 Å². The fourth-order valence-corrected chi connectivity index (χ4v) is 4.74. The summed E-state index contributed by atoms with van der Waals surface area (Å²) in [6.07, 6.45) is 1.47. The number of benzene rings is 2. The van der Waals surface area contributed by atoms with Gasteiger partial charge in [0.15, 0.2) is 11.5 Å². The molecule has 0 saturated carbocycles. The van der Waals surface area contributed by atoms with Crippen LogP contribution in [0.1, 0.15) is 18.4 Å². The van der Waals surface area contributed by atoms with Gasteiger partial charge >= 0.3 is 0 Å². The molecular weight excluding hydrogens is 439 g/mol. The van der Waals surface area contributed by atoms with Crippen LogP contribution in [0.2, 0.25) is 0 Å². The van der Waals surface area contributed by atoms with E-state index < -0.39 is 6.10 Å². The molecule has 2 atom stereocenters. The van der Waals surface area contributed by atoms with Gasteiger partial charge in [-0.25, -0.2) is 4.39 Å². The fraction of sp³-hybridized carbons (Fsp3) is 0.462. The van der Waals surface area contributed by atoms with Crippen molar-refractivity contribution in [2.75, 3.05) is 40.5 Å². The molecule has 0 aromatic heterocycles. The minimum atomic E-state index is -0.660. The number of likely N-dealkylation sites (tertiary alicyclic amines) is 1. The van der Waals surface area contributed by atoms with Crippen LogP contribution < -0.4 is 9.47 Å². The zero-order valence-corrected chi connectivity index (χ0v) is 19.6. The van der Waals surface area contributed by atoms with Gasteiger partial charge in [0.1, 0.15) is 19.0 Å². The van der Waals surface area contributed by atoms with Crippen molar-refractivity contribution in [2.45, 2.75) is 31.4 Å². The molecule has 0 unspecified atom stereocenters. The van der Waals surface area contributed by atoms with Crippen LogP contribution in [0.25, 0.3) is 0 Å². The third-order valence-electron chi connectivity index (χ3n) is 6.70. The molecule has 4 rings (SSSR count). The molecule has 2 aromatic carbocycles. The van der Waals surface area contributed by atoms with E-state index in [9.17, 15) is 14.0 Å². The summed E-state index contributed by atoms with van der Waals surface area (Å²) in [4.78, 5) is 29.3. The largest absolute Gasteiger partial charge is 0.485 e. The fourth-order valence-electron chi connectivity index (χ4n) is 4.74. The Morgan fingerprint density at radius 2 is 1.79 bits per heavy atom. The van der Waals surface area contributed by atoms with E-state index in [1.807, 2.05) is 23.1 Å². The standard InChI is InChI=1S/C26H31FN2O5/c1-28(25(30)17-32-2)21(15-18-7-9-20(27)10-8-18)19-11-13-29(14-12-19)26(31)24-16-33-22-5-3-4-6-23(22)34-24/h3-10,19,21,24H,11-17H2,1-2H3/t21-,24-/m1/s1. The first-order valence-electron chi connectivity index (χ1n) is 11.6. The highest BCUT2D eigenvalue weighted by Crippen LogP contribution is 2.32. The summed E-state index contributed by atoms with van der Waals surface area (Å²) < 4.78 is 30.0. The van der Waals surface area contributed by atoms with Crippen LogP contribution >= 0.6 is 0 Å². The Morgan fingerprint density at radius 3 is 2.47 bits per heavy atom. The average Bonchev–Trinajstić information content (AvgIpc) is 2.87. The Balaban J connectivity index is 1.40. The summed E-state index contributed by atoms with van der Waals surface area (Å²) in [5.41, 5.74) is 0.966. The van der Waals surface area contributed by atoms with E-state index >= 15 is 0 Å². The van der Waals surface area contributed by atoms with Gasteiger partial charge in [-0.15, -0.1) is 0 Å². The normalized spacial score (nSPS) is 18.9. The number of amides is 2. The molecule has 0 bridgehead atoms. The van der Waals surface area contributed by atoms with Gasteiger partial charge < -0.3 is 24.0 Å². The Bertz CT molecular complexity index is 991. The minimum Gasteiger partial charge on any atom is -0.485 e. The van der Waals surface area contributed by atoms with Gasteiger partial charge in [0.2, 0.25) is 12.0 Å². The third-order valence-corrected chi connectivity index (χ3v) is 6.70. The first kappa shape index (κ1) is 24.0. The molecule has 2 aliphatic heterocycles. The Kier molecular flexibility index (Phi) is 7.67. The number of para-hydroxylation sites is 2. The molecule has 0 aliphatic carbocycles. The van der Waals surface area contributed by atoms with E-state index in [2.05, 4.69) is 0 Å². The number of carbonyl (C=O) groups is 2. The summed E-state index contributed by atoms with van der Waals surface area (Å²) in [6, 6.07) is 13.7. The molecule has 0 spiro atoms. The molecular formula is C26H31FN2O5. The van der Waals surface area contributed by atoms with Crippen LogP contribution in [0.4, 0.5) is 4.39 Å². The Hall–Kier alpha value is -3.13. The highest BCUT2D eigenvalue weighted by Gasteiger charge is 2.36. The first-order valence-corrected chi connectivity index (χ1v) is 11.6. The lowest BCUT2D eigenvalue weighted by Crippen LogP contribution is -2.52. The second-order valence-corrected chi connectivity index (χ2v) is 8.86. The number of methoxy groups -OCH3 is 1. The summed E-state index contributed by atoms with van der Waals surface area (Å²) in [5.74, 6) is 0.973. The van der Waals surface area contributed by atoms with E-state index in [4.69, 9.17) is 14.2 Å².